The molecule has 0 spiro atoms. The molecular weight excluding hydrogens is 490 g/mol. The summed E-state index contributed by atoms with van der Waals surface area (Å²) in [5, 5.41) is 6.81. The number of anilines is 1. The van der Waals surface area contributed by atoms with Crippen molar-refractivity contribution in [3.8, 4) is 0 Å². The number of rotatable bonds is 4. The molecule has 0 bridgehead atoms. The number of aryl methyl sites for hydroxylation is 1. The van der Waals surface area contributed by atoms with Crippen molar-refractivity contribution in [1.29, 1.82) is 0 Å². The highest BCUT2D eigenvalue weighted by Gasteiger charge is 2.24. The van der Waals surface area contributed by atoms with E-state index >= 15 is 0 Å². The van der Waals surface area contributed by atoms with E-state index in [1.54, 1.807) is 22.7 Å². The highest BCUT2D eigenvalue weighted by Crippen LogP contribution is 2.23. The third-order valence-electron chi connectivity index (χ3n) is 5.52. The Balaban J connectivity index is 0.00000195. The minimum Gasteiger partial charge on any atom is -0.453 e. The van der Waals surface area contributed by atoms with Crippen molar-refractivity contribution in [2.75, 3.05) is 25.5 Å². The van der Waals surface area contributed by atoms with Gasteiger partial charge in [-0.25, -0.2) is 14.6 Å². The van der Waals surface area contributed by atoms with Gasteiger partial charge < -0.3 is 14.4 Å². The van der Waals surface area contributed by atoms with E-state index in [-0.39, 0.29) is 12.0 Å². The molecule has 12 nitrogen and oxygen atoms in total. The number of ether oxygens (including phenoxy) is 2. The number of amides is 2. The van der Waals surface area contributed by atoms with E-state index in [0.29, 0.717) is 42.8 Å². The van der Waals surface area contributed by atoms with Crippen LogP contribution < -0.4 is 10.9 Å². The third kappa shape index (κ3) is 6.75. The third-order valence-corrected chi connectivity index (χ3v) is 5.52. The van der Waals surface area contributed by atoms with Gasteiger partial charge in [0, 0.05) is 19.3 Å². The Kier molecular flexibility index (Phi) is 8.87. The summed E-state index contributed by atoms with van der Waals surface area (Å²) in [6.45, 7) is 12.6. The zero-order valence-electron chi connectivity index (χ0n) is 22.9. The molecule has 4 rings (SSSR count). The van der Waals surface area contributed by atoms with Crippen LogP contribution in [0.25, 0.3) is 16.6 Å². The van der Waals surface area contributed by atoms with Crippen molar-refractivity contribution >= 4 is 34.7 Å². The topological polar surface area (TPSA) is 144 Å². The summed E-state index contributed by atoms with van der Waals surface area (Å²) in [4.78, 5) is 49.5. The van der Waals surface area contributed by atoms with Gasteiger partial charge in [-0.05, 0) is 51.3 Å². The van der Waals surface area contributed by atoms with Gasteiger partial charge >= 0.3 is 12.2 Å². The summed E-state index contributed by atoms with van der Waals surface area (Å²) in [6, 6.07) is 3.85. The zero-order valence-corrected chi connectivity index (χ0v) is 22.9. The van der Waals surface area contributed by atoms with Crippen LogP contribution in [0, 0.1) is 6.92 Å². The smallest absolute Gasteiger partial charge is 0.413 e. The van der Waals surface area contributed by atoms with Gasteiger partial charge in [0.1, 0.15) is 11.1 Å². The highest BCUT2D eigenvalue weighted by atomic mass is 16.6. The highest BCUT2D eigenvalue weighted by molar-refractivity contribution is 5.84. The van der Waals surface area contributed by atoms with Gasteiger partial charge in [-0.3, -0.25) is 24.8 Å². The van der Waals surface area contributed by atoms with Crippen molar-refractivity contribution in [3.63, 3.8) is 0 Å². The number of hydrogen-bond acceptors (Lipinski definition) is 8. The maximum Gasteiger partial charge on any atom is 0.413 e. The predicted molar refractivity (Wildman–Crippen MR) is 144 cm³/mol. The molecular formula is C26H35N7O5. The second kappa shape index (κ2) is 11.9. The molecule has 38 heavy (non-hydrogen) atoms. The first-order chi connectivity index (χ1) is 18.0. The van der Waals surface area contributed by atoms with Crippen LogP contribution in [0.1, 0.15) is 58.0 Å². The molecule has 0 aliphatic carbocycles. The molecule has 3 aromatic heterocycles. The number of carbonyl (C=O) groups excluding carboxylic acids is 2. The number of nitrogens with zero attached hydrogens (tertiary/aromatic N) is 5. The van der Waals surface area contributed by atoms with Crippen molar-refractivity contribution in [2.45, 2.75) is 60.1 Å². The second-order valence-electron chi connectivity index (χ2n) is 9.43. The van der Waals surface area contributed by atoms with E-state index in [9.17, 15) is 14.4 Å². The molecule has 4 heterocycles. The first-order valence-corrected chi connectivity index (χ1v) is 12.5. The minimum atomic E-state index is -0.737. The van der Waals surface area contributed by atoms with Gasteiger partial charge in [0.15, 0.2) is 5.52 Å². The molecule has 2 N–H and O–H groups in total. The lowest BCUT2D eigenvalue weighted by atomic mass is 10.0. The summed E-state index contributed by atoms with van der Waals surface area (Å²) in [6.07, 6.45) is 3.36. The first-order valence-electron chi connectivity index (χ1n) is 12.5. The number of fused-ring (bicyclic) bond motifs is 1. The van der Waals surface area contributed by atoms with Gasteiger partial charge in [0.25, 0.3) is 5.56 Å². The molecule has 0 aromatic carbocycles. The van der Waals surface area contributed by atoms with Crippen molar-refractivity contribution < 1.29 is 19.1 Å². The molecule has 204 valence electrons. The van der Waals surface area contributed by atoms with Crippen molar-refractivity contribution in [3.05, 3.63) is 51.7 Å². The summed E-state index contributed by atoms with van der Waals surface area (Å²) in [7, 11) is 1.22. The molecule has 0 unspecified atom stereocenters. The summed E-state index contributed by atoms with van der Waals surface area (Å²) in [5.41, 5.74) is 3.02. The van der Waals surface area contributed by atoms with Crippen LogP contribution >= 0.6 is 0 Å². The molecule has 0 fully saturated rings. The molecule has 1 aliphatic heterocycles. The first kappa shape index (κ1) is 28.4. The van der Waals surface area contributed by atoms with E-state index in [1.165, 1.54) is 7.11 Å². The van der Waals surface area contributed by atoms with Crippen LogP contribution in [-0.4, -0.2) is 67.6 Å². The Morgan fingerprint density at radius 2 is 1.95 bits per heavy atom. The number of aromatic nitrogens is 5. The number of pyridine rings is 1. The number of methoxy groups -OCH3 is 1. The van der Waals surface area contributed by atoms with Crippen molar-refractivity contribution in [1.82, 2.24) is 29.6 Å². The van der Waals surface area contributed by atoms with Crippen molar-refractivity contribution in [2.24, 2.45) is 0 Å². The van der Waals surface area contributed by atoms with E-state index in [0.717, 1.165) is 16.8 Å². The predicted octanol–water partition coefficient (Wildman–Crippen LogP) is 4.10. The van der Waals surface area contributed by atoms with E-state index in [4.69, 9.17) is 4.74 Å². The zero-order chi connectivity index (χ0) is 28.0. The summed E-state index contributed by atoms with van der Waals surface area (Å²) >= 11 is 0. The number of nitrogens with one attached hydrogen (secondary N) is 2. The van der Waals surface area contributed by atoms with E-state index in [2.05, 4.69) is 30.1 Å². The number of H-pyrrole nitrogens is 1. The van der Waals surface area contributed by atoms with Crippen LogP contribution in [-0.2, 0) is 16.0 Å². The maximum absolute atomic E-state index is 12.7. The fraction of sp³-hybridized carbons (Fsp3) is 0.462. The van der Waals surface area contributed by atoms with Crippen LogP contribution in [0.2, 0.25) is 0 Å². The van der Waals surface area contributed by atoms with Gasteiger partial charge in [0.05, 0.1) is 25.0 Å². The lowest BCUT2D eigenvalue weighted by Crippen LogP contribution is -2.39. The van der Waals surface area contributed by atoms with Gasteiger partial charge in [-0.1, -0.05) is 26.0 Å². The van der Waals surface area contributed by atoms with Crippen LogP contribution in [0.4, 0.5) is 15.5 Å². The number of carbonyl (C=O) groups is 2. The summed E-state index contributed by atoms with van der Waals surface area (Å²) < 4.78 is 11.5. The molecule has 0 saturated carbocycles. The molecule has 0 saturated heterocycles. The lowest BCUT2D eigenvalue weighted by Gasteiger charge is -2.29. The Morgan fingerprint density at radius 1 is 1.21 bits per heavy atom. The van der Waals surface area contributed by atoms with Gasteiger partial charge in [-0.15, -0.1) is 0 Å². The molecule has 1 aliphatic rings. The molecule has 0 atom stereocenters. The second-order valence-corrected chi connectivity index (χ2v) is 9.43. The van der Waals surface area contributed by atoms with E-state index in [1.807, 2.05) is 52.8 Å². The molecule has 2 amide bonds. The van der Waals surface area contributed by atoms with Crippen LogP contribution in [0.15, 0.2) is 29.2 Å². The quantitative estimate of drug-likeness (QED) is 0.518. The lowest BCUT2D eigenvalue weighted by molar-refractivity contribution is 0.0270. The van der Waals surface area contributed by atoms with Gasteiger partial charge in [0.2, 0.25) is 5.95 Å². The standard InChI is InChI=1S/C24H29N7O5.C2H6/c1-14-18-19(20(32)27-21(26-18)28-22(33)35-5)31(29-14)13-15-6-7-17(25-12-15)16-8-10-30(11-9-16)23(34)36-24(2,3)4;1-2/h6-8,12H,9-11,13H2,1-5H3,(H2,26,27,28,32,33);1-2H3. The minimum absolute atomic E-state index is 0.0148. The fourth-order valence-electron chi connectivity index (χ4n) is 3.83. The van der Waals surface area contributed by atoms with Crippen LogP contribution in [0.5, 0.6) is 0 Å². The fourth-order valence-corrected chi connectivity index (χ4v) is 3.83. The average molecular weight is 526 g/mol. The Morgan fingerprint density at radius 3 is 2.53 bits per heavy atom. The van der Waals surface area contributed by atoms with E-state index < -0.39 is 17.3 Å². The normalized spacial score (nSPS) is 13.3. The molecule has 0 radical (unpaired) electrons. The Bertz CT molecular complexity index is 1380. The monoisotopic (exact) mass is 525 g/mol. The average Bonchev–Trinajstić information content (AvgIpc) is 3.19. The Labute approximate surface area is 221 Å². The SMILES string of the molecule is CC.COC(=O)Nc1nc2c(C)nn(Cc3ccc(C4=CCN(C(=O)OC(C)(C)C)CC4)nc3)c2c(=O)[nH]1. The largest absolute Gasteiger partial charge is 0.453 e. The van der Waals surface area contributed by atoms with Gasteiger partial charge in [-0.2, -0.15) is 5.10 Å². The summed E-state index contributed by atoms with van der Waals surface area (Å²) in [5.74, 6) is -0.0148. The Hall–Kier alpha value is -4.22. The van der Waals surface area contributed by atoms with Crippen LogP contribution in [0.3, 0.4) is 0 Å². The molecule has 12 heteroatoms. The number of hydrogen-bond donors (Lipinski definition) is 2. The number of aromatic amines is 1. The molecule has 3 aromatic rings. The maximum atomic E-state index is 12.7.